The highest BCUT2D eigenvalue weighted by atomic mass is 19.1. The number of carbonyl (C=O) groups is 2. The van der Waals surface area contributed by atoms with Gasteiger partial charge in [-0.1, -0.05) is 0 Å². The number of nitrogens with zero attached hydrogens (tertiary/aromatic N) is 1. The van der Waals surface area contributed by atoms with Gasteiger partial charge in [0.05, 0.1) is 13.0 Å². The number of amides is 1. The van der Waals surface area contributed by atoms with Crippen LogP contribution >= 0.6 is 0 Å². The number of carboxylic acids is 1. The first kappa shape index (κ1) is 17.3. The second-order valence-electron chi connectivity index (χ2n) is 5.85. The fraction of sp³-hybridized carbons (Fsp3) is 0.500. The molecule has 2 rings (SSSR count). The van der Waals surface area contributed by atoms with Gasteiger partial charge >= 0.3 is 5.97 Å². The summed E-state index contributed by atoms with van der Waals surface area (Å²) in [5.74, 6) is -2.71. The molecule has 1 aromatic rings. The number of carboxylic acid groups (broad SMARTS) is 1. The van der Waals surface area contributed by atoms with E-state index >= 15 is 0 Å². The molecule has 7 heteroatoms. The molecule has 0 bridgehead atoms. The Kier molecular flexibility index (Phi) is 5.30. The quantitative estimate of drug-likeness (QED) is 0.896. The summed E-state index contributed by atoms with van der Waals surface area (Å²) in [6.45, 7) is 0.404. The second-order valence-corrected chi connectivity index (χ2v) is 5.85. The Bertz CT molecular complexity index is 604. The Hall–Kier alpha value is -2.02. The lowest BCUT2D eigenvalue weighted by Crippen LogP contribution is -2.52. The van der Waals surface area contributed by atoms with Crippen LogP contribution in [0, 0.1) is 17.0 Å². The zero-order valence-corrected chi connectivity index (χ0v) is 12.8. The fourth-order valence-corrected chi connectivity index (χ4v) is 2.93. The number of carbonyl (C=O) groups excluding carboxylic acids is 1. The topological polar surface area (TPSA) is 66.8 Å². The minimum Gasteiger partial charge on any atom is -0.481 e. The van der Waals surface area contributed by atoms with E-state index in [4.69, 9.17) is 4.74 Å². The van der Waals surface area contributed by atoms with Crippen molar-refractivity contribution in [2.45, 2.75) is 19.3 Å². The Labute approximate surface area is 132 Å². The summed E-state index contributed by atoms with van der Waals surface area (Å²) in [5, 5.41) is 9.46. The minimum atomic E-state index is -1.15. The van der Waals surface area contributed by atoms with E-state index in [1.54, 1.807) is 0 Å². The number of hydrogen-bond acceptors (Lipinski definition) is 3. The molecule has 126 valence electrons. The van der Waals surface area contributed by atoms with Gasteiger partial charge in [-0.15, -0.1) is 0 Å². The van der Waals surface area contributed by atoms with Crippen molar-refractivity contribution in [2.24, 2.45) is 5.41 Å². The van der Waals surface area contributed by atoms with Crippen LogP contribution in [0.4, 0.5) is 8.78 Å². The van der Waals surface area contributed by atoms with E-state index in [0.29, 0.717) is 19.4 Å². The lowest BCUT2D eigenvalue weighted by molar-refractivity contribution is -0.159. The molecule has 1 atom stereocenters. The summed E-state index contributed by atoms with van der Waals surface area (Å²) in [5.41, 5.74) is -1.18. The third-order valence-electron chi connectivity index (χ3n) is 4.15. The van der Waals surface area contributed by atoms with Crippen LogP contribution in [0.25, 0.3) is 0 Å². The van der Waals surface area contributed by atoms with Gasteiger partial charge in [0.15, 0.2) is 0 Å². The summed E-state index contributed by atoms with van der Waals surface area (Å²) >= 11 is 0. The minimum absolute atomic E-state index is 0.000436. The number of methoxy groups -OCH3 is 1. The molecule has 0 aromatic heterocycles. The van der Waals surface area contributed by atoms with Crippen molar-refractivity contribution >= 4 is 11.9 Å². The number of benzene rings is 1. The van der Waals surface area contributed by atoms with Gasteiger partial charge in [-0.2, -0.15) is 0 Å². The number of ether oxygens (including phenoxy) is 1. The number of rotatable bonds is 5. The number of likely N-dealkylation sites (tertiary alicyclic amines) is 1. The van der Waals surface area contributed by atoms with Crippen LogP contribution in [0.15, 0.2) is 18.2 Å². The molecule has 1 aliphatic rings. The zero-order valence-electron chi connectivity index (χ0n) is 12.8. The van der Waals surface area contributed by atoms with Crippen LogP contribution in [0.2, 0.25) is 0 Å². The molecule has 0 radical (unpaired) electrons. The second kappa shape index (κ2) is 7.04. The highest BCUT2D eigenvalue weighted by Crippen LogP contribution is 2.31. The molecular formula is C16H19F2NO4. The maximum atomic E-state index is 13.6. The molecule has 1 fully saturated rings. The van der Waals surface area contributed by atoms with Crippen LogP contribution in [-0.4, -0.2) is 48.7 Å². The van der Waals surface area contributed by atoms with Gasteiger partial charge in [0.2, 0.25) is 5.91 Å². The van der Waals surface area contributed by atoms with Gasteiger partial charge in [0.1, 0.15) is 17.0 Å². The zero-order chi connectivity index (χ0) is 17.0. The van der Waals surface area contributed by atoms with Crippen molar-refractivity contribution in [3.8, 4) is 0 Å². The van der Waals surface area contributed by atoms with Crippen LogP contribution < -0.4 is 0 Å². The van der Waals surface area contributed by atoms with Gasteiger partial charge < -0.3 is 14.7 Å². The molecule has 1 heterocycles. The maximum absolute atomic E-state index is 13.6. The molecule has 0 saturated carbocycles. The molecule has 1 aromatic carbocycles. The first-order valence-corrected chi connectivity index (χ1v) is 7.32. The molecule has 23 heavy (non-hydrogen) atoms. The summed E-state index contributed by atoms with van der Waals surface area (Å²) in [6, 6.07) is 2.94. The predicted octanol–water partition coefficient (Wildman–Crippen LogP) is 1.85. The Morgan fingerprint density at radius 1 is 1.39 bits per heavy atom. The molecule has 1 unspecified atom stereocenters. The SMILES string of the molecule is COCC1(C(=O)O)CCCN(C(=O)Cc2cc(F)ccc2F)C1. The highest BCUT2D eigenvalue weighted by molar-refractivity contribution is 5.81. The van der Waals surface area contributed by atoms with Crippen LogP contribution in [-0.2, 0) is 20.7 Å². The Morgan fingerprint density at radius 2 is 2.13 bits per heavy atom. The van der Waals surface area contributed by atoms with Crippen LogP contribution in [0.1, 0.15) is 18.4 Å². The standard InChI is InChI=1S/C16H19F2NO4/c1-23-10-16(15(21)22)5-2-6-19(9-16)14(20)8-11-7-12(17)3-4-13(11)18/h3-4,7H,2,5-6,8-10H2,1H3,(H,21,22). The number of piperidine rings is 1. The molecule has 1 amide bonds. The summed E-state index contributed by atoms with van der Waals surface area (Å²) in [4.78, 5) is 25.3. The average molecular weight is 327 g/mol. The monoisotopic (exact) mass is 327 g/mol. The highest BCUT2D eigenvalue weighted by Gasteiger charge is 2.43. The molecule has 0 spiro atoms. The molecule has 1 saturated heterocycles. The lowest BCUT2D eigenvalue weighted by Gasteiger charge is -2.39. The van der Waals surface area contributed by atoms with Crippen molar-refractivity contribution in [3.63, 3.8) is 0 Å². The van der Waals surface area contributed by atoms with E-state index in [-0.39, 0.29) is 25.1 Å². The first-order chi connectivity index (χ1) is 10.9. The predicted molar refractivity (Wildman–Crippen MR) is 77.8 cm³/mol. The van der Waals surface area contributed by atoms with Gasteiger partial charge in [-0.05, 0) is 31.0 Å². The van der Waals surface area contributed by atoms with E-state index in [1.807, 2.05) is 0 Å². The molecular weight excluding hydrogens is 308 g/mol. The van der Waals surface area contributed by atoms with Crippen molar-refractivity contribution in [3.05, 3.63) is 35.4 Å². The third-order valence-corrected chi connectivity index (χ3v) is 4.15. The van der Waals surface area contributed by atoms with Crippen molar-refractivity contribution in [1.82, 2.24) is 4.90 Å². The van der Waals surface area contributed by atoms with Crippen LogP contribution in [0.5, 0.6) is 0 Å². The lowest BCUT2D eigenvalue weighted by atomic mass is 9.80. The first-order valence-electron chi connectivity index (χ1n) is 7.32. The maximum Gasteiger partial charge on any atom is 0.313 e. The van der Waals surface area contributed by atoms with E-state index in [2.05, 4.69) is 0 Å². The fourth-order valence-electron chi connectivity index (χ4n) is 2.93. The van der Waals surface area contributed by atoms with Gasteiger partial charge in [-0.3, -0.25) is 9.59 Å². The number of hydrogen-bond donors (Lipinski definition) is 1. The summed E-state index contributed by atoms with van der Waals surface area (Å²) in [7, 11) is 1.41. The van der Waals surface area contributed by atoms with E-state index in [0.717, 1.165) is 18.2 Å². The summed E-state index contributed by atoms with van der Waals surface area (Å²) in [6.07, 6.45) is 0.633. The van der Waals surface area contributed by atoms with E-state index < -0.39 is 28.9 Å². The van der Waals surface area contributed by atoms with Gasteiger partial charge in [0, 0.05) is 25.8 Å². The Morgan fingerprint density at radius 3 is 2.78 bits per heavy atom. The van der Waals surface area contributed by atoms with E-state index in [9.17, 15) is 23.5 Å². The van der Waals surface area contributed by atoms with Crippen molar-refractivity contribution in [1.29, 1.82) is 0 Å². The van der Waals surface area contributed by atoms with E-state index in [1.165, 1.54) is 12.0 Å². The normalized spacial score (nSPS) is 21.3. The number of halogens is 2. The molecule has 1 N–H and O–H groups in total. The van der Waals surface area contributed by atoms with Gasteiger partial charge in [-0.25, -0.2) is 8.78 Å². The van der Waals surface area contributed by atoms with Gasteiger partial charge in [0.25, 0.3) is 0 Å². The van der Waals surface area contributed by atoms with Crippen LogP contribution in [0.3, 0.4) is 0 Å². The molecule has 1 aliphatic heterocycles. The largest absolute Gasteiger partial charge is 0.481 e. The molecule has 5 nitrogen and oxygen atoms in total. The average Bonchev–Trinajstić information content (AvgIpc) is 2.51. The third kappa shape index (κ3) is 3.85. The molecule has 0 aliphatic carbocycles. The van der Waals surface area contributed by atoms with Crippen molar-refractivity contribution < 1.29 is 28.2 Å². The Balaban J connectivity index is 2.13. The smallest absolute Gasteiger partial charge is 0.313 e. The number of aliphatic carboxylic acids is 1. The summed E-state index contributed by atoms with van der Waals surface area (Å²) < 4.78 is 31.8. The van der Waals surface area contributed by atoms with Crippen molar-refractivity contribution in [2.75, 3.05) is 26.8 Å².